The Morgan fingerprint density at radius 3 is 2.19 bits per heavy atom. The molecule has 0 unspecified atom stereocenters. The van der Waals surface area contributed by atoms with Crippen LogP contribution in [0.2, 0.25) is 15.1 Å². The molecule has 0 spiro atoms. The number of benzene rings is 1. The number of allylic oxidation sites excluding steroid dienone is 6. The van der Waals surface area contributed by atoms with Gasteiger partial charge in [-0.05, 0) is 29.7 Å². The van der Waals surface area contributed by atoms with Gasteiger partial charge in [-0.1, -0.05) is 65.2 Å². The lowest BCUT2D eigenvalue weighted by atomic mass is 10.0. The van der Waals surface area contributed by atoms with Crippen LogP contribution in [0.15, 0.2) is 42.0 Å². The predicted octanol–water partition coefficient (Wildman–Crippen LogP) is 5.55. The zero-order valence-corrected chi connectivity index (χ0v) is 10.9. The minimum Gasteiger partial charge on any atom is -0.0827 e. The standard InChI is InChI=1S/C13H9Cl3/c1-8(9-4-2-3-5-9)10-6-7-11(14)13(16)12(10)15/h2-7H,1H3. The fraction of sp³-hybridized carbons (Fsp3) is 0.0769. The number of rotatable bonds is 1. The highest BCUT2D eigenvalue weighted by Crippen LogP contribution is 2.37. The number of hydrogen-bond donors (Lipinski definition) is 0. The summed E-state index contributed by atoms with van der Waals surface area (Å²) in [6, 6.07) is 3.65. The second-order valence-corrected chi connectivity index (χ2v) is 4.68. The first-order valence-corrected chi connectivity index (χ1v) is 5.94. The van der Waals surface area contributed by atoms with E-state index in [0.29, 0.717) is 15.1 Å². The first-order valence-electron chi connectivity index (χ1n) is 4.80. The molecule has 1 aliphatic rings. The second-order valence-electron chi connectivity index (χ2n) is 3.52. The maximum atomic E-state index is 6.17. The van der Waals surface area contributed by atoms with Crippen LogP contribution in [0.25, 0.3) is 5.57 Å². The van der Waals surface area contributed by atoms with Crippen LogP contribution in [0.3, 0.4) is 0 Å². The fourth-order valence-corrected chi connectivity index (χ4v) is 2.27. The zero-order valence-electron chi connectivity index (χ0n) is 8.60. The summed E-state index contributed by atoms with van der Waals surface area (Å²) in [5.41, 5.74) is 3.15. The lowest BCUT2D eigenvalue weighted by Crippen LogP contribution is -1.86. The summed E-state index contributed by atoms with van der Waals surface area (Å²) in [5, 5.41) is 1.39. The quantitative estimate of drug-likeness (QED) is 0.588. The van der Waals surface area contributed by atoms with Crippen molar-refractivity contribution in [2.45, 2.75) is 6.92 Å². The maximum absolute atomic E-state index is 6.17. The Balaban J connectivity index is 2.58. The molecule has 2 rings (SSSR count). The fourth-order valence-electron chi connectivity index (χ4n) is 1.60. The minimum absolute atomic E-state index is 0.409. The monoisotopic (exact) mass is 270 g/mol. The first-order chi connectivity index (χ1) is 7.61. The largest absolute Gasteiger partial charge is 0.0827 e. The van der Waals surface area contributed by atoms with Crippen LogP contribution in [-0.4, -0.2) is 0 Å². The van der Waals surface area contributed by atoms with E-state index in [1.165, 1.54) is 0 Å². The molecule has 82 valence electrons. The molecule has 3 heteroatoms. The van der Waals surface area contributed by atoms with Gasteiger partial charge in [0.05, 0.1) is 15.1 Å². The van der Waals surface area contributed by atoms with Crippen molar-refractivity contribution in [1.82, 2.24) is 0 Å². The van der Waals surface area contributed by atoms with Crippen LogP contribution in [0.4, 0.5) is 0 Å². The molecule has 0 fully saturated rings. The van der Waals surface area contributed by atoms with Crippen molar-refractivity contribution in [3.63, 3.8) is 0 Å². The van der Waals surface area contributed by atoms with Crippen LogP contribution >= 0.6 is 34.8 Å². The highest BCUT2D eigenvalue weighted by atomic mass is 35.5. The second kappa shape index (κ2) is 4.67. The Kier molecular flexibility index (Phi) is 3.44. The summed E-state index contributed by atoms with van der Waals surface area (Å²) in [7, 11) is 0. The average Bonchev–Trinajstić information content (AvgIpc) is 2.79. The van der Waals surface area contributed by atoms with Gasteiger partial charge in [0.1, 0.15) is 0 Å². The van der Waals surface area contributed by atoms with E-state index in [1.807, 2.05) is 37.3 Å². The Bertz CT molecular complexity index is 508. The molecule has 1 aliphatic carbocycles. The molecular weight excluding hydrogens is 263 g/mol. The van der Waals surface area contributed by atoms with Gasteiger partial charge in [-0.3, -0.25) is 0 Å². The SMILES string of the molecule is CC(=C1C=CC=C1)c1ccc(Cl)c(Cl)c1Cl. The molecule has 0 bridgehead atoms. The van der Waals surface area contributed by atoms with Crippen molar-refractivity contribution in [3.05, 3.63) is 62.6 Å². The number of halogens is 3. The summed E-state index contributed by atoms with van der Waals surface area (Å²) in [6.45, 7) is 2.01. The van der Waals surface area contributed by atoms with Gasteiger partial charge in [-0.15, -0.1) is 0 Å². The summed E-state index contributed by atoms with van der Waals surface area (Å²) < 4.78 is 0. The van der Waals surface area contributed by atoms with E-state index in [0.717, 1.165) is 16.7 Å². The molecule has 0 aromatic heterocycles. The van der Waals surface area contributed by atoms with Gasteiger partial charge in [-0.25, -0.2) is 0 Å². The Labute approximate surface area is 110 Å². The Hall–Kier alpha value is -0.690. The Morgan fingerprint density at radius 1 is 0.938 bits per heavy atom. The summed E-state index contributed by atoms with van der Waals surface area (Å²) >= 11 is 18.1. The molecule has 16 heavy (non-hydrogen) atoms. The zero-order chi connectivity index (χ0) is 11.7. The topological polar surface area (TPSA) is 0 Å². The Morgan fingerprint density at radius 2 is 1.56 bits per heavy atom. The van der Waals surface area contributed by atoms with Crippen LogP contribution in [0, 0.1) is 0 Å². The molecule has 0 heterocycles. The van der Waals surface area contributed by atoms with Crippen LogP contribution in [0.5, 0.6) is 0 Å². The van der Waals surface area contributed by atoms with Gasteiger partial charge < -0.3 is 0 Å². The minimum atomic E-state index is 0.409. The van der Waals surface area contributed by atoms with Crippen molar-refractivity contribution in [1.29, 1.82) is 0 Å². The normalized spacial score (nSPS) is 13.6. The average molecular weight is 272 g/mol. The maximum Gasteiger partial charge on any atom is 0.0784 e. The third-order valence-electron chi connectivity index (χ3n) is 2.53. The molecule has 1 aromatic rings. The predicted molar refractivity (Wildman–Crippen MR) is 72.3 cm³/mol. The van der Waals surface area contributed by atoms with Crippen molar-refractivity contribution < 1.29 is 0 Å². The molecule has 0 saturated carbocycles. The van der Waals surface area contributed by atoms with E-state index < -0.39 is 0 Å². The molecule has 0 aliphatic heterocycles. The van der Waals surface area contributed by atoms with Gasteiger partial charge in [-0.2, -0.15) is 0 Å². The third-order valence-corrected chi connectivity index (χ3v) is 3.83. The van der Waals surface area contributed by atoms with Gasteiger partial charge in [0.15, 0.2) is 0 Å². The summed E-state index contributed by atoms with van der Waals surface area (Å²) in [5.74, 6) is 0. The van der Waals surface area contributed by atoms with Crippen LogP contribution in [-0.2, 0) is 0 Å². The van der Waals surface area contributed by atoms with E-state index >= 15 is 0 Å². The van der Waals surface area contributed by atoms with E-state index in [1.54, 1.807) is 6.07 Å². The molecule has 0 atom stereocenters. The van der Waals surface area contributed by atoms with Gasteiger partial charge in [0.2, 0.25) is 0 Å². The van der Waals surface area contributed by atoms with E-state index in [-0.39, 0.29) is 0 Å². The highest BCUT2D eigenvalue weighted by molar-refractivity contribution is 6.48. The summed E-state index contributed by atoms with van der Waals surface area (Å²) in [6.07, 6.45) is 8.05. The molecule has 0 saturated heterocycles. The smallest absolute Gasteiger partial charge is 0.0784 e. The first kappa shape index (κ1) is 11.8. The van der Waals surface area contributed by atoms with Crippen molar-refractivity contribution >= 4 is 40.4 Å². The van der Waals surface area contributed by atoms with E-state index in [2.05, 4.69) is 0 Å². The molecule has 0 radical (unpaired) electrons. The lowest BCUT2D eigenvalue weighted by molar-refractivity contribution is 1.53. The highest BCUT2D eigenvalue weighted by Gasteiger charge is 2.11. The van der Waals surface area contributed by atoms with Crippen LogP contribution in [0.1, 0.15) is 12.5 Å². The molecule has 0 nitrogen and oxygen atoms in total. The van der Waals surface area contributed by atoms with E-state index in [9.17, 15) is 0 Å². The molecule has 1 aromatic carbocycles. The van der Waals surface area contributed by atoms with Crippen LogP contribution < -0.4 is 0 Å². The summed E-state index contributed by atoms with van der Waals surface area (Å²) in [4.78, 5) is 0. The van der Waals surface area contributed by atoms with Crippen molar-refractivity contribution in [2.24, 2.45) is 0 Å². The van der Waals surface area contributed by atoms with Gasteiger partial charge in [0.25, 0.3) is 0 Å². The lowest BCUT2D eigenvalue weighted by Gasteiger charge is -2.09. The molecule has 0 amide bonds. The van der Waals surface area contributed by atoms with Crippen molar-refractivity contribution in [2.75, 3.05) is 0 Å². The third kappa shape index (κ3) is 2.06. The number of hydrogen-bond acceptors (Lipinski definition) is 0. The van der Waals surface area contributed by atoms with Gasteiger partial charge >= 0.3 is 0 Å². The molecular formula is C13H9Cl3. The van der Waals surface area contributed by atoms with Gasteiger partial charge in [0, 0.05) is 0 Å². The van der Waals surface area contributed by atoms with E-state index in [4.69, 9.17) is 34.8 Å². The van der Waals surface area contributed by atoms with Crippen molar-refractivity contribution in [3.8, 4) is 0 Å². The molecule has 0 N–H and O–H groups in total.